The van der Waals surface area contributed by atoms with Crippen molar-refractivity contribution in [2.24, 2.45) is 0 Å². The van der Waals surface area contributed by atoms with Crippen LogP contribution in [0.15, 0.2) is 12.1 Å². The normalized spacial score (nSPS) is 19.4. The largest absolute Gasteiger partial charge is 0.356 e. The van der Waals surface area contributed by atoms with Gasteiger partial charge in [0.25, 0.3) is 0 Å². The molecule has 0 saturated carbocycles. The van der Waals surface area contributed by atoms with Crippen molar-refractivity contribution in [1.82, 2.24) is 4.98 Å². The van der Waals surface area contributed by atoms with E-state index in [1.165, 1.54) is 12.0 Å². The van der Waals surface area contributed by atoms with E-state index in [0.29, 0.717) is 10.6 Å². The van der Waals surface area contributed by atoms with Gasteiger partial charge in [0.2, 0.25) is 0 Å². The minimum atomic E-state index is 0.0523. The number of alkyl halides is 1. The van der Waals surface area contributed by atoms with Crippen molar-refractivity contribution >= 4 is 29.2 Å². The molecule has 0 bridgehead atoms. The molecule has 0 spiro atoms. The Labute approximate surface area is 138 Å². The zero-order valence-electron chi connectivity index (χ0n) is 13.9. The highest BCUT2D eigenvalue weighted by molar-refractivity contribution is 8.00. The third-order valence-electron chi connectivity index (χ3n) is 3.96. The lowest BCUT2D eigenvalue weighted by Gasteiger charge is -2.26. The Bertz CT molecular complexity index is 494. The molecule has 21 heavy (non-hydrogen) atoms. The molecule has 1 aliphatic rings. The Hall–Kier alpha value is -0.410. The average Bonchev–Trinajstić information content (AvgIpc) is 2.58. The summed E-state index contributed by atoms with van der Waals surface area (Å²) in [6, 6.07) is 4.30. The number of nitrogens with zero attached hydrogens (tertiary/aromatic N) is 2. The molecule has 0 amide bonds. The third kappa shape index (κ3) is 4.53. The summed E-state index contributed by atoms with van der Waals surface area (Å²) >= 11 is 8.15. The molecule has 2 rings (SSSR count). The smallest absolute Gasteiger partial charge is 0.129 e. The van der Waals surface area contributed by atoms with Crippen LogP contribution >= 0.6 is 23.4 Å². The van der Waals surface area contributed by atoms with Gasteiger partial charge in [0.15, 0.2) is 0 Å². The van der Waals surface area contributed by atoms with Gasteiger partial charge in [-0.15, -0.1) is 11.6 Å². The monoisotopic (exact) mass is 326 g/mol. The second-order valence-electron chi connectivity index (χ2n) is 7.45. The maximum atomic E-state index is 6.09. The highest BCUT2D eigenvalue weighted by Crippen LogP contribution is 2.33. The van der Waals surface area contributed by atoms with Gasteiger partial charge in [0, 0.05) is 40.6 Å². The van der Waals surface area contributed by atoms with Crippen molar-refractivity contribution in [1.29, 1.82) is 0 Å². The molecule has 1 fully saturated rings. The molecule has 2 heterocycles. The molecule has 1 aromatic rings. The van der Waals surface area contributed by atoms with Gasteiger partial charge >= 0.3 is 0 Å². The summed E-state index contributed by atoms with van der Waals surface area (Å²) in [5, 5.41) is 0. The maximum absolute atomic E-state index is 6.09. The molecule has 0 aromatic carbocycles. The van der Waals surface area contributed by atoms with E-state index in [2.05, 4.69) is 63.4 Å². The predicted molar refractivity (Wildman–Crippen MR) is 95.9 cm³/mol. The number of thioether (sulfide) groups is 1. The van der Waals surface area contributed by atoms with E-state index in [1.807, 2.05) is 0 Å². The van der Waals surface area contributed by atoms with Gasteiger partial charge in [-0.05, 0) is 24.1 Å². The summed E-state index contributed by atoms with van der Waals surface area (Å²) in [5.74, 6) is 2.80. The molecule has 0 aliphatic carbocycles. The Morgan fingerprint density at radius 1 is 1.29 bits per heavy atom. The molecule has 1 saturated heterocycles. The number of hydrogen-bond donors (Lipinski definition) is 0. The van der Waals surface area contributed by atoms with Gasteiger partial charge in [-0.3, -0.25) is 0 Å². The van der Waals surface area contributed by atoms with Crippen molar-refractivity contribution in [2.75, 3.05) is 23.7 Å². The first-order valence-corrected chi connectivity index (χ1v) is 9.20. The van der Waals surface area contributed by atoms with Crippen LogP contribution in [0.2, 0.25) is 0 Å². The van der Waals surface area contributed by atoms with Crippen molar-refractivity contribution in [3.63, 3.8) is 0 Å². The number of anilines is 1. The zero-order valence-corrected chi connectivity index (χ0v) is 15.4. The summed E-state index contributed by atoms with van der Waals surface area (Å²) < 4.78 is 0.367. The quantitative estimate of drug-likeness (QED) is 0.723. The van der Waals surface area contributed by atoms with Crippen molar-refractivity contribution in [2.45, 2.75) is 57.1 Å². The third-order valence-corrected chi connectivity index (χ3v) is 5.64. The van der Waals surface area contributed by atoms with Crippen LogP contribution in [0.25, 0.3) is 0 Å². The molecule has 4 heteroatoms. The van der Waals surface area contributed by atoms with Gasteiger partial charge in [-0.2, -0.15) is 11.8 Å². The second-order valence-corrected chi connectivity index (χ2v) is 9.52. The number of rotatable bonds is 2. The van der Waals surface area contributed by atoms with Crippen LogP contribution in [0.4, 0.5) is 5.82 Å². The molecular weight excluding hydrogens is 300 g/mol. The Kier molecular flexibility index (Phi) is 5.15. The highest BCUT2D eigenvalue weighted by atomic mass is 35.5. The van der Waals surface area contributed by atoms with Crippen LogP contribution in [0.1, 0.15) is 52.3 Å². The van der Waals surface area contributed by atoms with Gasteiger partial charge in [-0.1, -0.05) is 34.6 Å². The van der Waals surface area contributed by atoms with Crippen LogP contribution < -0.4 is 4.90 Å². The Balaban J connectivity index is 2.30. The first-order chi connectivity index (χ1) is 9.71. The summed E-state index contributed by atoms with van der Waals surface area (Å²) in [7, 11) is 0. The van der Waals surface area contributed by atoms with E-state index in [0.717, 1.165) is 30.4 Å². The number of hydrogen-bond acceptors (Lipinski definition) is 3. The minimum absolute atomic E-state index is 0.0523. The van der Waals surface area contributed by atoms with E-state index in [1.54, 1.807) is 0 Å². The summed E-state index contributed by atoms with van der Waals surface area (Å²) in [6.45, 7) is 13.4. The van der Waals surface area contributed by atoms with E-state index in [9.17, 15) is 0 Å². The van der Waals surface area contributed by atoms with Crippen LogP contribution in [0.3, 0.4) is 0 Å². The second kappa shape index (κ2) is 6.37. The van der Waals surface area contributed by atoms with Crippen molar-refractivity contribution in [3.05, 3.63) is 23.4 Å². The van der Waals surface area contributed by atoms with Crippen molar-refractivity contribution in [3.8, 4) is 0 Å². The van der Waals surface area contributed by atoms with Gasteiger partial charge in [0.05, 0.1) is 0 Å². The highest BCUT2D eigenvalue weighted by Gasteiger charge is 2.25. The molecular formula is C17H27ClN2S. The fourth-order valence-electron chi connectivity index (χ4n) is 2.44. The molecule has 1 aliphatic heterocycles. The molecule has 1 aromatic heterocycles. The molecule has 0 atom stereocenters. The van der Waals surface area contributed by atoms with Crippen LogP contribution in [-0.4, -0.2) is 28.6 Å². The summed E-state index contributed by atoms with van der Waals surface area (Å²) in [4.78, 5) is 7.35. The van der Waals surface area contributed by atoms with E-state index < -0.39 is 0 Å². The van der Waals surface area contributed by atoms with Gasteiger partial charge in [0.1, 0.15) is 5.82 Å². The molecule has 0 radical (unpaired) electrons. The summed E-state index contributed by atoms with van der Waals surface area (Å²) in [6.07, 6.45) is 1.19. The fourth-order valence-corrected chi connectivity index (χ4v) is 3.70. The molecule has 0 unspecified atom stereocenters. The van der Waals surface area contributed by atoms with Crippen molar-refractivity contribution < 1.29 is 0 Å². The molecule has 0 N–H and O–H groups in total. The standard InChI is InChI=1S/C17H27ClN2S/c1-16(2,3)14-10-13(12-18)11-15(19-14)20-7-6-17(4,5)21-9-8-20/h10-11H,6-9,12H2,1-5H3. The number of halogens is 1. The topological polar surface area (TPSA) is 16.1 Å². The first kappa shape index (κ1) is 17.0. The van der Waals surface area contributed by atoms with E-state index in [-0.39, 0.29) is 5.41 Å². The van der Waals surface area contributed by atoms with E-state index in [4.69, 9.17) is 16.6 Å². The number of aromatic nitrogens is 1. The minimum Gasteiger partial charge on any atom is -0.356 e. The zero-order chi connectivity index (χ0) is 15.7. The molecule has 2 nitrogen and oxygen atoms in total. The molecule has 118 valence electrons. The Morgan fingerprint density at radius 3 is 2.62 bits per heavy atom. The average molecular weight is 327 g/mol. The van der Waals surface area contributed by atoms with Crippen LogP contribution in [-0.2, 0) is 11.3 Å². The van der Waals surface area contributed by atoms with Gasteiger partial charge < -0.3 is 4.90 Å². The van der Waals surface area contributed by atoms with E-state index >= 15 is 0 Å². The van der Waals surface area contributed by atoms with Crippen LogP contribution in [0, 0.1) is 0 Å². The predicted octanol–water partition coefficient (Wildman–Crippen LogP) is 4.84. The fraction of sp³-hybridized carbons (Fsp3) is 0.706. The maximum Gasteiger partial charge on any atom is 0.129 e. The lowest BCUT2D eigenvalue weighted by molar-refractivity contribution is 0.565. The Morgan fingerprint density at radius 2 is 2.00 bits per heavy atom. The van der Waals surface area contributed by atoms with Crippen LogP contribution in [0.5, 0.6) is 0 Å². The lowest BCUT2D eigenvalue weighted by Crippen LogP contribution is -2.29. The first-order valence-electron chi connectivity index (χ1n) is 7.68. The SMILES string of the molecule is CC1(C)CCN(c2cc(CCl)cc(C(C)(C)C)n2)CCS1. The summed E-state index contributed by atoms with van der Waals surface area (Å²) in [5.41, 5.74) is 2.35. The van der Waals surface area contributed by atoms with Gasteiger partial charge in [-0.25, -0.2) is 4.98 Å². The lowest BCUT2D eigenvalue weighted by atomic mass is 9.91. The number of pyridine rings is 1.